The minimum atomic E-state index is 0.333. The number of aromatic nitrogens is 2. The lowest BCUT2D eigenvalue weighted by Crippen LogP contribution is -2.17. The van der Waals surface area contributed by atoms with Crippen molar-refractivity contribution in [1.82, 2.24) is 15.1 Å². The molecule has 4 nitrogen and oxygen atoms in total. The Bertz CT molecular complexity index is 541. The van der Waals surface area contributed by atoms with Gasteiger partial charge in [0.15, 0.2) is 0 Å². The largest absolute Gasteiger partial charge is 0.492 e. The molecule has 108 valence electrons. The zero-order valence-corrected chi connectivity index (χ0v) is 13.4. The van der Waals surface area contributed by atoms with Crippen LogP contribution in [0.2, 0.25) is 0 Å². The molecule has 0 aliphatic heterocycles. The van der Waals surface area contributed by atoms with Crippen molar-refractivity contribution in [2.75, 3.05) is 13.2 Å². The van der Waals surface area contributed by atoms with E-state index in [2.05, 4.69) is 46.4 Å². The lowest BCUT2D eigenvalue weighted by atomic mass is 10.2. The summed E-state index contributed by atoms with van der Waals surface area (Å²) in [4.78, 5) is 0. The number of hydrogen-bond acceptors (Lipinski definition) is 3. The van der Waals surface area contributed by atoms with E-state index in [9.17, 15) is 0 Å². The van der Waals surface area contributed by atoms with E-state index in [1.807, 2.05) is 35.1 Å². The van der Waals surface area contributed by atoms with Crippen LogP contribution in [0.15, 0.2) is 41.1 Å². The first-order valence-electron chi connectivity index (χ1n) is 6.83. The van der Waals surface area contributed by atoms with Gasteiger partial charge in [-0.3, -0.25) is 4.68 Å². The molecule has 2 aromatic rings. The Hall–Kier alpha value is -1.33. The molecule has 0 aliphatic rings. The van der Waals surface area contributed by atoms with Crippen molar-refractivity contribution in [3.05, 3.63) is 46.7 Å². The van der Waals surface area contributed by atoms with Crippen molar-refractivity contribution in [3.8, 4) is 5.75 Å². The summed E-state index contributed by atoms with van der Waals surface area (Å²) in [6.07, 6.45) is 3.98. The molecule has 1 aromatic heterocycles. The molecule has 20 heavy (non-hydrogen) atoms. The summed E-state index contributed by atoms with van der Waals surface area (Å²) < 4.78 is 8.64. The molecule has 5 heteroatoms. The van der Waals surface area contributed by atoms with Crippen LogP contribution in [0.5, 0.6) is 5.75 Å². The monoisotopic (exact) mass is 337 g/mol. The SMILES string of the molecule is CCNC(C)c1cnn(CCOc2cccc(Br)c2)c1. The second-order valence-electron chi connectivity index (χ2n) is 4.62. The van der Waals surface area contributed by atoms with Crippen LogP contribution in [0.1, 0.15) is 25.5 Å². The van der Waals surface area contributed by atoms with E-state index in [4.69, 9.17) is 4.74 Å². The van der Waals surface area contributed by atoms with E-state index in [0.29, 0.717) is 12.6 Å². The summed E-state index contributed by atoms with van der Waals surface area (Å²) in [6.45, 7) is 6.55. The predicted molar refractivity (Wildman–Crippen MR) is 84.0 cm³/mol. The van der Waals surface area contributed by atoms with Gasteiger partial charge < -0.3 is 10.1 Å². The quantitative estimate of drug-likeness (QED) is 0.841. The molecule has 0 fully saturated rings. The van der Waals surface area contributed by atoms with Crippen LogP contribution in [0.25, 0.3) is 0 Å². The fourth-order valence-corrected chi connectivity index (χ4v) is 2.34. The van der Waals surface area contributed by atoms with Gasteiger partial charge in [0.05, 0.1) is 12.7 Å². The van der Waals surface area contributed by atoms with Gasteiger partial charge in [0.25, 0.3) is 0 Å². The maximum Gasteiger partial charge on any atom is 0.120 e. The Morgan fingerprint density at radius 1 is 1.45 bits per heavy atom. The molecule has 1 heterocycles. The van der Waals surface area contributed by atoms with E-state index in [0.717, 1.165) is 23.3 Å². The third-order valence-electron chi connectivity index (χ3n) is 3.05. The number of halogens is 1. The van der Waals surface area contributed by atoms with E-state index < -0.39 is 0 Å². The third kappa shape index (κ3) is 4.35. The van der Waals surface area contributed by atoms with Gasteiger partial charge in [0.2, 0.25) is 0 Å². The first-order valence-corrected chi connectivity index (χ1v) is 7.62. The molecule has 0 radical (unpaired) electrons. The third-order valence-corrected chi connectivity index (χ3v) is 3.54. The van der Waals surface area contributed by atoms with E-state index in [-0.39, 0.29) is 0 Å². The van der Waals surface area contributed by atoms with Crippen LogP contribution in [-0.4, -0.2) is 22.9 Å². The molecule has 0 aliphatic carbocycles. The van der Waals surface area contributed by atoms with Crippen LogP contribution in [-0.2, 0) is 6.54 Å². The molecule has 1 aromatic carbocycles. The number of rotatable bonds is 7. The Morgan fingerprint density at radius 3 is 3.05 bits per heavy atom. The highest BCUT2D eigenvalue weighted by molar-refractivity contribution is 9.10. The highest BCUT2D eigenvalue weighted by Gasteiger charge is 2.06. The van der Waals surface area contributed by atoms with Gasteiger partial charge in [-0.25, -0.2) is 0 Å². The zero-order chi connectivity index (χ0) is 14.4. The maximum atomic E-state index is 5.70. The number of nitrogens with one attached hydrogen (secondary N) is 1. The van der Waals surface area contributed by atoms with Crippen molar-refractivity contribution in [2.24, 2.45) is 0 Å². The maximum absolute atomic E-state index is 5.70. The first kappa shape index (κ1) is 15.1. The van der Waals surface area contributed by atoms with Gasteiger partial charge >= 0.3 is 0 Å². The molecule has 1 atom stereocenters. The molecular weight excluding hydrogens is 318 g/mol. The Balaban J connectivity index is 1.82. The van der Waals surface area contributed by atoms with Crippen LogP contribution in [0.4, 0.5) is 0 Å². The summed E-state index contributed by atoms with van der Waals surface area (Å²) >= 11 is 3.43. The van der Waals surface area contributed by atoms with Crippen molar-refractivity contribution in [3.63, 3.8) is 0 Å². The molecule has 0 amide bonds. The van der Waals surface area contributed by atoms with Crippen LogP contribution >= 0.6 is 15.9 Å². The Labute approximate surface area is 128 Å². The van der Waals surface area contributed by atoms with Gasteiger partial charge in [0.1, 0.15) is 12.4 Å². The average molecular weight is 338 g/mol. The Kier molecular flexibility index (Phi) is 5.61. The van der Waals surface area contributed by atoms with Crippen molar-refractivity contribution >= 4 is 15.9 Å². The van der Waals surface area contributed by atoms with Gasteiger partial charge in [-0.15, -0.1) is 0 Å². The fourth-order valence-electron chi connectivity index (χ4n) is 1.96. The summed E-state index contributed by atoms with van der Waals surface area (Å²) in [5.74, 6) is 0.868. The molecule has 1 unspecified atom stereocenters. The van der Waals surface area contributed by atoms with Gasteiger partial charge in [0, 0.05) is 22.3 Å². The van der Waals surface area contributed by atoms with E-state index in [1.54, 1.807) is 0 Å². The van der Waals surface area contributed by atoms with Gasteiger partial charge in [-0.2, -0.15) is 5.10 Å². The smallest absolute Gasteiger partial charge is 0.120 e. The molecule has 1 N–H and O–H groups in total. The lowest BCUT2D eigenvalue weighted by molar-refractivity contribution is 0.291. The van der Waals surface area contributed by atoms with E-state index in [1.165, 1.54) is 5.56 Å². The summed E-state index contributed by atoms with van der Waals surface area (Å²) in [6, 6.07) is 8.19. The molecule has 0 saturated heterocycles. The van der Waals surface area contributed by atoms with Crippen LogP contribution < -0.4 is 10.1 Å². The summed E-state index contributed by atoms with van der Waals surface area (Å²) in [5.41, 5.74) is 1.20. The molecule has 2 rings (SSSR count). The second kappa shape index (κ2) is 7.45. The van der Waals surface area contributed by atoms with Crippen LogP contribution in [0, 0.1) is 0 Å². The Morgan fingerprint density at radius 2 is 2.30 bits per heavy atom. The fraction of sp³-hybridized carbons (Fsp3) is 0.400. The van der Waals surface area contributed by atoms with Gasteiger partial charge in [-0.05, 0) is 31.7 Å². The van der Waals surface area contributed by atoms with Gasteiger partial charge in [-0.1, -0.05) is 28.9 Å². The number of ether oxygens (including phenoxy) is 1. The average Bonchev–Trinajstić information content (AvgIpc) is 2.88. The summed E-state index contributed by atoms with van der Waals surface area (Å²) in [5, 5.41) is 7.73. The zero-order valence-electron chi connectivity index (χ0n) is 11.8. The molecule has 0 spiro atoms. The summed E-state index contributed by atoms with van der Waals surface area (Å²) in [7, 11) is 0. The number of nitrogens with zero attached hydrogens (tertiary/aromatic N) is 2. The molecule has 0 saturated carbocycles. The first-order chi connectivity index (χ1) is 9.69. The van der Waals surface area contributed by atoms with Crippen molar-refractivity contribution in [2.45, 2.75) is 26.4 Å². The minimum absolute atomic E-state index is 0.333. The van der Waals surface area contributed by atoms with Crippen molar-refractivity contribution < 1.29 is 4.74 Å². The standard InChI is InChI=1S/C15H20BrN3O/c1-3-17-12(2)13-10-18-19(11-13)7-8-20-15-6-4-5-14(16)9-15/h4-6,9-12,17H,3,7-8H2,1-2H3. The van der Waals surface area contributed by atoms with Crippen LogP contribution in [0.3, 0.4) is 0 Å². The highest BCUT2D eigenvalue weighted by Crippen LogP contribution is 2.17. The second-order valence-corrected chi connectivity index (χ2v) is 5.54. The minimum Gasteiger partial charge on any atom is -0.492 e. The lowest BCUT2D eigenvalue weighted by Gasteiger charge is -2.09. The topological polar surface area (TPSA) is 39.1 Å². The number of hydrogen-bond donors (Lipinski definition) is 1. The molecule has 0 bridgehead atoms. The molecular formula is C15H20BrN3O. The predicted octanol–water partition coefficient (Wildman–Crippen LogP) is 3.40. The number of benzene rings is 1. The van der Waals surface area contributed by atoms with Crippen molar-refractivity contribution in [1.29, 1.82) is 0 Å². The normalized spacial score (nSPS) is 12.3. The highest BCUT2D eigenvalue weighted by atomic mass is 79.9. The van der Waals surface area contributed by atoms with E-state index >= 15 is 0 Å².